The number of aliphatic hydroxyl groups is 1. The summed E-state index contributed by atoms with van der Waals surface area (Å²) in [5.74, 6) is 1.50. The average molecular weight is 325 g/mol. The molecule has 0 radical (unpaired) electrons. The topological polar surface area (TPSA) is 55.8 Å². The molecule has 2 aliphatic rings. The zero-order chi connectivity index (χ0) is 16.8. The van der Waals surface area contributed by atoms with Gasteiger partial charge in [0.15, 0.2) is 0 Å². The molecular weight excluding hydrogens is 290 g/mol. The monoisotopic (exact) mass is 325 g/mol. The number of nitrogens with one attached hydrogen (secondary N) is 1. The molecule has 2 amide bonds. The Labute approximate surface area is 141 Å². The van der Waals surface area contributed by atoms with Gasteiger partial charge in [0.05, 0.1) is 0 Å². The SMILES string of the molecule is CC1CC(C)CN(CC(C)NC(=O)N2CCCCC2CCO)C1. The van der Waals surface area contributed by atoms with Crippen LogP contribution in [0.2, 0.25) is 0 Å². The van der Waals surface area contributed by atoms with Crippen molar-refractivity contribution >= 4 is 6.03 Å². The first-order chi connectivity index (χ1) is 11.0. The Morgan fingerprint density at radius 2 is 1.96 bits per heavy atom. The number of hydrogen-bond donors (Lipinski definition) is 2. The molecule has 2 aliphatic heterocycles. The van der Waals surface area contributed by atoms with Gasteiger partial charge in [0.2, 0.25) is 0 Å². The van der Waals surface area contributed by atoms with Crippen LogP contribution in [0.25, 0.3) is 0 Å². The van der Waals surface area contributed by atoms with Gasteiger partial charge < -0.3 is 20.2 Å². The van der Waals surface area contributed by atoms with Crippen molar-refractivity contribution in [2.24, 2.45) is 11.8 Å². The smallest absolute Gasteiger partial charge is 0.317 e. The second-order valence-corrected chi connectivity index (χ2v) is 7.87. The molecule has 5 heteroatoms. The van der Waals surface area contributed by atoms with Crippen molar-refractivity contribution in [2.75, 3.05) is 32.8 Å². The normalized spacial score (nSPS) is 31.0. The molecule has 4 atom stereocenters. The summed E-state index contributed by atoms with van der Waals surface area (Å²) in [4.78, 5) is 17.0. The highest BCUT2D eigenvalue weighted by Gasteiger charge is 2.28. The van der Waals surface area contributed by atoms with Crippen molar-refractivity contribution in [1.29, 1.82) is 0 Å². The minimum atomic E-state index is 0.0498. The first-order valence-corrected chi connectivity index (χ1v) is 9.40. The first-order valence-electron chi connectivity index (χ1n) is 9.40. The standard InChI is InChI=1S/C18H35N3O2/c1-14-10-15(2)12-20(11-14)13-16(3)19-18(23)21-8-5-4-6-17(21)7-9-22/h14-17,22H,4-13H2,1-3H3,(H,19,23). The maximum Gasteiger partial charge on any atom is 0.317 e. The highest BCUT2D eigenvalue weighted by molar-refractivity contribution is 5.75. The van der Waals surface area contributed by atoms with Crippen LogP contribution in [-0.2, 0) is 0 Å². The van der Waals surface area contributed by atoms with E-state index in [1.807, 2.05) is 4.90 Å². The van der Waals surface area contributed by atoms with E-state index in [0.717, 1.165) is 57.3 Å². The molecule has 2 rings (SSSR count). The van der Waals surface area contributed by atoms with Gasteiger partial charge in [-0.3, -0.25) is 0 Å². The van der Waals surface area contributed by atoms with Crippen LogP contribution >= 0.6 is 0 Å². The van der Waals surface area contributed by atoms with Crippen LogP contribution in [0, 0.1) is 11.8 Å². The number of carbonyl (C=O) groups is 1. The van der Waals surface area contributed by atoms with Crippen LogP contribution in [0.3, 0.4) is 0 Å². The third-order valence-corrected chi connectivity index (χ3v) is 5.20. The fourth-order valence-electron chi connectivity index (χ4n) is 4.38. The number of nitrogens with zero attached hydrogens (tertiary/aromatic N) is 2. The molecule has 4 unspecified atom stereocenters. The van der Waals surface area contributed by atoms with E-state index < -0.39 is 0 Å². The van der Waals surface area contributed by atoms with E-state index in [9.17, 15) is 9.90 Å². The van der Waals surface area contributed by atoms with Gasteiger partial charge in [-0.25, -0.2) is 4.79 Å². The van der Waals surface area contributed by atoms with Crippen molar-refractivity contribution < 1.29 is 9.90 Å². The predicted molar refractivity (Wildman–Crippen MR) is 93.4 cm³/mol. The maximum absolute atomic E-state index is 12.6. The minimum Gasteiger partial charge on any atom is -0.396 e. The van der Waals surface area contributed by atoms with Crippen molar-refractivity contribution in [3.63, 3.8) is 0 Å². The van der Waals surface area contributed by atoms with E-state index >= 15 is 0 Å². The zero-order valence-electron chi connectivity index (χ0n) is 15.1. The average Bonchev–Trinajstić information content (AvgIpc) is 2.46. The van der Waals surface area contributed by atoms with Gasteiger partial charge in [0, 0.05) is 44.9 Å². The summed E-state index contributed by atoms with van der Waals surface area (Å²) in [5.41, 5.74) is 0. The zero-order valence-corrected chi connectivity index (χ0v) is 15.1. The van der Waals surface area contributed by atoms with Crippen LogP contribution in [0.4, 0.5) is 4.79 Å². The summed E-state index contributed by atoms with van der Waals surface area (Å²) in [6, 6.07) is 0.418. The Hall–Kier alpha value is -0.810. The van der Waals surface area contributed by atoms with Crippen LogP contribution < -0.4 is 5.32 Å². The Morgan fingerprint density at radius 3 is 2.61 bits per heavy atom. The van der Waals surface area contributed by atoms with Gasteiger partial charge in [-0.1, -0.05) is 13.8 Å². The predicted octanol–water partition coefficient (Wildman–Crippen LogP) is 2.30. The molecule has 0 aromatic heterocycles. The molecule has 2 saturated heterocycles. The summed E-state index contributed by atoms with van der Waals surface area (Å²) in [5, 5.41) is 12.4. The molecule has 0 saturated carbocycles. The highest BCUT2D eigenvalue weighted by Crippen LogP contribution is 2.21. The Bertz CT molecular complexity index is 365. The Balaban J connectivity index is 1.81. The van der Waals surface area contributed by atoms with Gasteiger partial charge in [-0.2, -0.15) is 0 Å². The summed E-state index contributed by atoms with van der Waals surface area (Å²) in [7, 11) is 0. The van der Waals surface area contributed by atoms with Crippen LogP contribution in [0.5, 0.6) is 0 Å². The lowest BCUT2D eigenvalue weighted by Gasteiger charge is -2.38. The van der Waals surface area contributed by atoms with Crippen LogP contribution in [0.15, 0.2) is 0 Å². The molecule has 2 heterocycles. The molecule has 134 valence electrons. The van der Waals surface area contributed by atoms with Gasteiger partial charge in [0.1, 0.15) is 0 Å². The van der Waals surface area contributed by atoms with Gasteiger partial charge in [-0.15, -0.1) is 0 Å². The molecule has 5 nitrogen and oxygen atoms in total. The third-order valence-electron chi connectivity index (χ3n) is 5.20. The molecule has 0 aromatic carbocycles. The molecule has 2 fully saturated rings. The molecule has 0 spiro atoms. The highest BCUT2D eigenvalue weighted by atomic mass is 16.3. The van der Waals surface area contributed by atoms with Crippen molar-refractivity contribution in [2.45, 2.75) is 65.0 Å². The van der Waals surface area contributed by atoms with Crippen LogP contribution in [0.1, 0.15) is 52.9 Å². The second kappa shape index (κ2) is 8.88. The van der Waals surface area contributed by atoms with Gasteiger partial charge >= 0.3 is 6.03 Å². The van der Waals surface area contributed by atoms with Crippen molar-refractivity contribution in [1.82, 2.24) is 15.1 Å². The van der Waals surface area contributed by atoms with E-state index in [4.69, 9.17) is 0 Å². The number of amides is 2. The second-order valence-electron chi connectivity index (χ2n) is 7.87. The number of rotatable bonds is 5. The largest absolute Gasteiger partial charge is 0.396 e. The van der Waals surface area contributed by atoms with E-state index in [0.29, 0.717) is 6.42 Å². The van der Waals surface area contributed by atoms with Gasteiger partial charge in [0.25, 0.3) is 0 Å². The molecule has 23 heavy (non-hydrogen) atoms. The fraction of sp³-hybridized carbons (Fsp3) is 0.944. The number of likely N-dealkylation sites (tertiary alicyclic amines) is 2. The van der Waals surface area contributed by atoms with E-state index in [1.54, 1.807) is 0 Å². The Kier molecular flexibility index (Phi) is 7.15. The van der Waals surface area contributed by atoms with E-state index in [1.165, 1.54) is 6.42 Å². The van der Waals surface area contributed by atoms with Crippen molar-refractivity contribution in [3.8, 4) is 0 Å². The fourth-order valence-corrected chi connectivity index (χ4v) is 4.38. The molecule has 0 aromatic rings. The maximum atomic E-state index is 12.6. The number of urea groups is 1. The minimum absolute atomic E-state index is 0.0498. The summed E-state index contributed by atoms with van der Waals surface area (Å²) >= 11 is 0. The number of piperidine rings is 2. The Morgan fingerprint density at radius 1 is 1.26 bits per heavy atom. The number of carbonyl (C=O) groups excluding carboxylic acids is 1. The van der Waals surface area contributed by atoms with Gasteiger partial charge in [-0.05, 0) is 50.9 Å². The molecule has 2 N–H and O–H groups in total. The summed E-state index contributed by atoms with van der Waals surface area (Å²) in [6.07, 6.45) is 5.26. The molecular formula is C18H35N3O2. The number of aliphatic hydroxyl groups excluding tert-OH is 1. The number of hydrogen-bond acceptors (Lipinski definition) is 3. The summed E-state index contributed by atoms with van der Waals surface area (Å²) in [6.45, 7) is 10.9. The van der Waals surface area contributed by atoms with E-state index in [-0.39, 0.29) is 24.7 Å². The quantitative estimate of drug-likeness (QED) is 0.815. The molecule has 0 bridgehead atoms. The lowest BCUT2D eigenvalue weighted by Crippen LogP contribution is -2.53. The van der Waals surface area contributed by atoms with E-state index in [2.05, 4.69) is 31.0 Å². The van der Waals surface area contributed by atoms with Crippen molar-refractivity contribution in [3.05, 3.63) is 0 Å². The first kappa shape index (κ1) is 18.5. The molecule has 0 aliphatic carbocycles. The van der Waals surface area contributed by atoms with Crippen LogP contribution in [-0.4, -0.2) is 65.8 Å². The third kappa shape index (κ3) is 5.64. The summed E-state index contributed by atoms with van der Waals surface area (Å²) < 4.78 is 0. The lowest BCUT2D eigenvalue weighted by atomic mass is 9.92. The lowest BCUT2D eigenvalue weighted by molar-refractivity contribution is 0.116.